The van der Waals surface area contributed by atoms with Gasteiger partial charge in [0.05, 0.1) is 7.11 Å². The van der Waals surface area contributed by atoms with Crippen molar-refractivity contribution in [1.29, 1.82) is 0 Å². The smallest absolute Gasteiger partial charge is 0.320 e. The first-order chi connectivity index (χ1) is 8.70. The lowest BCUT2D eigenvalue weighted by Crippen LogP contribution is -2.33. The predicted octanol–water partition coefficient (Wildman–Crippen LogP) is 2.23. The summed E-state index contributed by atoms with van der Waals surface area (Å²) in [5, 5.41) is 3.86. The van der Waals surface area contributed by atoms with Gasteiger partial charge >= 0.3 is 5.97 Å². The van der Waals surface area contributed by atoms with Crippen molar-refractivity contribution < 1.29 is 9.53 Å². The van der Waals surface area contributed by atoms with Crippen molar-refractivity contribution in [2.24, 2.45) is 0 Å². The maximum atomic E-state index is 11.2. The molecule has 0 saturated carbocycles. The Bertz CT molecular complexity index is 402. The number of hydrogen-bond acceptors (Lipinski definition) is 4. The van der Waals surface area contributed by atoms with E-state index in [1.54, 1.807) is 0 Å². The largest absolute Gasteiger partial charge is 0.468 e. The average Bonchev–Trinajstić information content (AvgIpc) is 2.80. The van der Waals surface area contributed by atoms with E-state index in [2.05, 4.69) is 50.2 Å². The number of halogens is 1. The van der Waals surface area contributed by atoms with E-state index in [-0.39, 0.29) is 10.8 Å². The van der Waals surface area contributed by atoms with Gasteiger partial charge in [0.15, 0.2) is 0 Å². The molecule has 1 aromatic rings. The van der Waals surface area contributed by atoms with Crippen molar-refractivity contribution in [2.75, 3.05) is 20.2 Å². The van der Waals surface area contributed by atoms with E-state index < -0.39 is 0 Å². The molecule has 1 N–H and O–H groups in total. The van der Waals surface area contributed by atoms with Gasteiger partial charge in [-0.2, -0.15) is 0 Å². The van der Waals surface area contributed by atoms with E-state index in [0.717, 1.165) is 13.0 Å². The SMILES string of the molecule is COC(=O)C(Br)CNCC1Cc2ccccc2S1. The van der Waals surface area contributed by atoms with E-state index in [1.165, 1.54) is 17.6 Å². The highest BCUT2D eigenvalue weighted by Crippen LogP contribution is 2.36. The maximum Gasteiger partial charge on any atom is 0.320 e. The summed E-state index contributed by atoms with van der Waals surface area (Å²) < 4.78 is 4.65. The fraction of sp³-hybridized carbons (Fsp3) is 0.462. The standard InChI is InChI=1S/C13H16BrNO2S/c1-17-13(16)11(14)8-15-7-10-6-9-4-2-3-5-12(9)18-10/h2-5,10-11,15H,6-8H2,1H3. The Morgan fingerprint density at radius 3 is 3.11 bits per heavy atom. The zero-order valence-corrected chi connectivity index (χ0v) is 12.6. The van der Waals surface area contributed by atoms with Gasteiger partial charge in [0.25, 0.3) is 0 Å². The van der Waals surface area contributed by atoms with Crippen molar-refractivity contribution in [3.05, 3.63) is 29.8 Å². The van der Waals surface area contributed by atoms with Crippen LogP contribution in [0, 0.1) is 0 Å². The number of hydrogen-bond donors (Lipinski definition) is 1. The van der Waals surface area contributed by atoms with E-state index >= 15 is 0 Å². The molecule has 2 rings (SSSR count). The van der Waals surface area contributed by atoms with Crippen molar-refractivity contribution in [2.45, 2.75) is 21.4 Å². The van der Waals surface area contributed by atoms with Crippen LogP contribution >= 0.6 is 27.7 Å². The number of ether oxygens (including phenoxy) is 1. The number of methoxy groups -OCH3 is 1. The lowest BCUT2D eigenvalue weighted by atomic mass is 10.1. The Balaban J connectivity index is 1.73. The van der Waals surface area contributed by atoms with Gasteiger partial charge < -0.3 is 10.1 Å². The minimum atomic E-state index is -0.267. The summed E-state index contributed by atoms with van der Waals surface area (Å²) in [4.78, 5) is 12.3. The third kappa shape index (κ3) is 3.49. The summed E-state index contributed by atoms with van der Waals surface area (Å²) in [7, 11) is 1.40. The zero-order chi connectivity index (χ0) is 13.0. The third-order valence-electron chi connectivity index (χ3n) is 2.87. The van der Waals surface area contributed by atoms with Gasteiger partial charge in [0, 0.05) is 23.2 Å². The summed E-state index contributed by atoms with van der Waals surface area (Å²) in [5.41, 5.74) is 1.43. The number of carbonyl (C=O) groups excluding carboxylic acids is 1. The van der Waals surface area contributed by atoms with Crippen LogP contribution in [0.5, 0.6) is 0 Å². The molecule has 3 nitrogen and oxygen atoms in total. The lowest BCUT2D eigenvalue weighted by Gasteiger charge is -2.12. The Hall–Kier alpha value is -0.520. The third-order valence-corrected chi connectivity index (χ3v) is 4.88. The minimum Gasteiger partial charge on any atom is -0.468 e. The molecule has 0 bridgehead atoms. The molecule has 1 aliphatic heterocycles. The quantitative estimate of drug-likeness (QED) is 0.664. The summed E-state index contributed by atoms with van der Waals surface area (Å²) in [6.07, 6.45) is 1.10. The fourth-order valence-electron chi connectivity index (χ4n) is 1.95. The number of esters is 1. The van der Waals surface area contributed by atoms with Gasteiger partial charge in [-0.1, -0.05) is 34.1 Å². The van der Waals surface area contributed by atoms with Gasteiger partial charge in [0.1, 0.15) is 4.83 Å². The Morgan fingerprint density at radius 1 is 1.61 bits per heavy atom. The topological polar surface area (TPSA) is 38.3 Å². The number of nitrogens with one attached hydrogen (secondary N) is 1. The molecular formula is C13H16BrNO2S. The Morgan fingerprint density at radius 2 is 2.39 bits per heavy atom. The van der Waals surface area contributed by atoms with E-state index in [9.17, 15) is 4.79 Å². The number of thioether (sulfide) groups is 1. The molecule has 0 aliphatic carbocycles. The van der Waals surface area contributed by atoms with Crippen LogP contribution in [0.1, 0.15) is 5.56 Å². The molecular weight excluding hydrogens is 314 g/mol. The second kappa shape index (κ2) is 6.59. The molecule has 18 heavy (non-hydrogen) atoms. The van der Waals surface area contributed by atoms with Crippen LogP contribution in [-0.4, -0.2) is 36.2 Å². The molecule has 0 saturated heterocycles. The molecule has 2 atom stereocenters. The molecule has 98 valence electrons. The van der Waals surface area contributed by atoms with Crippen molar-refractivity contribution in [3.63, 3.8) is 0 Å². The van der Waals surface area contributed by atoms with Crippen molar-refractivity contribution in [3.8, 4) is 0 Å². The van der Waals surface area contributed by atoms with Gasteiger partial charge in [-0.15, -0.1) is 11.8 Å². The first-order valence-electron chi connectivity index (χ1n) is 5.88. The van der Waals surface area contributed by atoms with Gasteiger partial charge in [-0.25, -0.2) is 0 Å². The minimum absolute atomic E-state index is 0.232. The van der Waals surface area contributed by atoms with E-state index in [4.69, 9.17) is 0 Å². The van der Waals surface area contributed by atoms with E-state index in [0.29, 0.717) is 11.8 Å². The zero-order valence-electron chi connectivity index (χ0n) is 10.2. The summed E-state index contributed by atoms with van der Waals surface area (Å²) in [6.45, 7) is 1.50. The predicted molar refractivity (Wildman–Crippen MR) is 77.4 cm³/mol. The van der Waals surface area contributed by atoms with Crippen LogP contribution in [0.4, 0.5) is 0 Å². The molecule has 1 heterocycles. The highest BCUT2D eigenvalue weighted by molar-refractivity contribution is 9.10. The van der Waals surface area contributed by atoms with Crippen LogP contribution < -0.4 is 5.32 Å². The molecule has 1 aromatic carbocycles. The monoisotopic (exact) mass is 329 g/mol. The second-order valence-electron chi connectivity index (χ2n) is 4.20. The molecule has 1 aliphatic rings. The van der Waals surface area contributed by atoms with E-state index in [1.807, 2.05) is 11.8 Å². The molecule has 2 unspecified atom stereocenters. The van der Waals surface area contributed by atoms with Crippen LogP contribution in [0.2, 0.25) is 0 Å². The summed E-state index contributed by atoms with van der Waals surface area (Å²) in [5.74, 6) is -0.232. The van der Waals surface area contributed by atoms with Gasteiger partial charge in [-0.05, 0) is 18.1 Å². The first kappa shape index (κ1) is 13.9. The van der Waals surface area contributed by atoms with Crippen LogP contribution in [0.25, 0.3) is 0 Å². The fourth-order valence-corrected chi connectivity index (χ4v) is 3.65. The van der Waals surface area contributed by atoms with Crippen LogP contribution in [0.3, 0.4) is 0 Å². The lowest BCUT2D eigenvalue weighted by molar-refractivity contribution is -0.139. The Labute approximate surface area is 120 Å². The van der Waals surface area contributed by atoms with Gasteiger partial charge in [-0.3, -0.25) is 4.79 Å². The average molecular weight is 330 g/mol. The first-order valence-corrected chi connectivity index (χ1v) is 7.67. The number of alkyl halides is 1. The highest BCUT2D eigenvalue weighted by Gasteiger charge is 2.22. The van der Waals surface area contributed by atoms with Crippen LogP contribution in [0.15, 0.2) is 29.2 Å². The molecule has 5 heteroatoms. The molecule has 0 amide bonds. The maximum absolute atomic E-state index is 11.2. The highest BCUT2D eigenvalue weighted by atomic mass is 79.9. The number of carbonyl (C=O) groups is 1. The molecule has 0 radical (unpaired) electrons. The normalized spacial score (nSPS) is 19.3. The van der Waals surface area contributed by atoms with Crippen LogP contribution in [-0.2, 0) is 16.0 Å². The molecule has 0 fully saturated rings. The Kier molecular flexibility index (Phi) is 5.09. The number of benzene rings is 1. The van der Waals surface area contributed by atoms with Crippen molar-refractivity contribution >= 4 is 33.7 Å². The van der Waals surface area contributed by atoms with Gasteiger partial charge in [0.2, 0.25) is 0 Å². The molecule has 0 spiro atoms. The molecule has 0 aromatic heterocycles. The number of fused-ring (bicyclic) bond motifs is 1. The second-order valence-corrected chi connectivity index (χ2v) is 6.65. The summed E-state index contributed by atoms with van der Waals surface area (Å²) in [6, 6.07) is 8.51. The summed E-state index contributed by atoms with van der Waals surface area (Å²) >= 11 is 5.21. The number of rotatable bonds is 5. The van der Waals surface area contributed by atoms with Crippen molar-refractivity contribution in [1.82, 2.24) is 5.32 Å².